The van der Waals surface area contributed by atoms with Gasteiger partial charge in [0.15, 0.2) is 0 Å². The third kappa shape index (κ3) is 4.10. The van der Waals surface area contributed by atoms with E-state index in [9.17, 15) is 0 Å². The summed E-state index contributed by atoms with van der Waals surface area (Å²) in [7, 11) is 0. The lowest BCUT2D eigenvalue weighted by Gasteiger charge is -2.03. The van der Waals surface area contributed by atoms with Gasteiger partial charge in [0.1, 0.15) is 0 Å². The predicted octanol–water partition coefficient (Wildman–Crippen LogP) is 3.02. The summed E-state index contributed by atoms with van der Waals surface area (Å²) in [5.41, 5.74) is 6.31. The Labute approximate surface area is 73.9 Å². The van der Waals surface area contributed by atoms with Crippen LogP contribution in [0.2, 0.25) is 0 Å². The summed E-state index contributed by atoms with van der Waals surface area (Å²) in [4.78, 5) is 0. The molecule has 2 heteroatoms. The normalized spacial score (nSPS) is 16.7. The van der Waals surface area contributed by atoms with Gasteiger partial charge >= 0.3 is 0 Å². The van der Waals surface area contributed by atoms with E-state index in [0.717, 1.165) is 12.0 Å². The average Bonchev–Trinajstić information content (AvgIpc) is 2.02. The summed E-state index contributed by atoms with van der Waals surface area (Å²) in [5, 5.41) is 0.644. The smallest absolute Gasteiger partial charge is 0.0586 e. The molecule has 0 bridgehead atoms. The molecule has 0 aliphatic carbocycles. The second-order valence-electron chi connectivity index (χ2n) is 2.75. The summed E-state index contributed by atoms with van der Waals surface area (Å²) in [6.45, 7) is 6.27. The van der Waals surface area contributed by atoms with Crippen molar-refractivity contribution in [3.05, 3.63) is 22.9 Å². The van der Waals surface area contributed by atoms with Gasteiger partial charge in [-0.25, -0.2) is 0 Å². The Bertz CT molecular complexity index is 170. The maximum Gasteiger partial charge on any atom is 0.0586 e. The second-order valence-corrected chi connectivity index (χ2v) is 3.16. The summed E-state index contributed by atoms with van der Waals surface area (Å²) >= 11 is 5.78. The fraction of sp³-hybridized carbons (Fsp3) is 0.556. The first-order chi connectivity index (χ1) is 5.11. The minimum Gasteiger partial charge on any atom is -0.403 e. The molecule has 0 radical (unpaired) electrons. The van der Waals surface area contributed by atoms with Crippen LogP contribution in [0, 0.1) is 5.92 Å². The van der Waals surface area contributed by atoms with Crippen LogP contribution in [0.25, 0.3) is 0 Å². The van der Waals surface area contributed by atoms with Gasteiger partial charge in [-0.15, -0.1) is 0 Å². The Balaban J connectivity index is 4.21. The van der Waals surface area contributed by atoms with E-state index >= 15 is 0 Å². The van der Waals surface area contributed by atoms with Crippen LogP contribution in [0.4, 0.5) is 0 Å². The maximum atomic E-state index is 5.78. The van der Waals surface area contributed by atoms with Crippen molar-refractivity contribution in [2.75, 3.05) is 0 Å². The largest absolute Gasteiger partial charge is 0.403 e. The molecule has 2 N–H and O–H groups in total. The lowest BCUT2D eigenvalue weighted by molar-refractivity contribution is 0.694. The average molecular weight is 174 g/mol. The number of rotatable bonds is 3. The highest BCUT2D eigenvalue weighted by Crippen LogP contribution is 2.16. The zero-order valence-corrected chi connectivity index (χ0v) is 8.15. The van der Waals surface area contributed by atoms with E-state index in [1.165, 1.54) is 6.20 Å². The molecule has 64 valence electrons. The van der Waals surface area contributed by atoms with Crippen LogP contribution in [-0.2, 0) is 0 Å². The van der Waals surface area contributed by atoms with Crippen LogP contribution in [0.5, 0.6) is 0 Å². The maximum absolute atomic E-state index is 5.78. The Morgan fingerprint density at radius 3 is 2.55 bits per heavy atom. The SMILES string of the molecule is CC[C@H](C)/C=C(C)\C(Cl)=C/N. The van der Waals surface area contributed by atoms with Crippen molar-refractivity contribution < 1.29 is 0 Å². The van der Waals surface area contributed by atoms with Gasteiger partial charge in [-0.3, -0.25) is 0 Å². The van der Waals surface area contributed by atoms with Gasteiger partial charge in [-0.2, -0.15) is 0 Å². The molecular weight excluding hydrogens is 158 g/mol. The van der Waals surface area contributed by atoms with E-state index in [4.69, 9.17) is 17.3 Å². The lowest BCUT2D eigenvalue weighted by Crippen LogP contribution is -1.90. The van der Waals surface area contributed by atoms with Crippen molar-refractivity contribution in [2.24, 2.45) is 11.7 Å². The Morgan fingerprint density at radius 2 is 2.18 bits per heavy atom. The molecule has 0 amide bonds. The molecule has 11 heavy (non-hydrogen) atoms. The molecule has 0 saturated carbocycles. The van der Waals surface area contributed by atoms with Gasteiger partial charge < -0.3 is 5.73 Å². The van der Waals surface area contributed by atoms with E-state index < -0.39 is 0 Å². The van der Waals surface area contributed by atoms with Crippen molar-refractivity contribution in [1.29, 1.82) is 0 Å². The summed E-state index contributed by atoms with van der Waals surface area (Å²) in [6.07, 6.45) is 4.69. The standard InChI is InChI=1S/C9H16ClN/c1-4-7(2)5-8(3)9(10)6-11/h5-7H,4,11H2,1-3H3/b8-5-,9-6+/t7-/m0/s1. The molecule has 0 fully saturated rings. The van der Waals surface area contributed by atoms with Gasteiger partial charge in [0.25, 0.3) is 0 Å². The number of hydrogen-bond donors (Lipinski definition) is 1. The van der Waals surface area contributed by atoms with Crippen molar-refractivity contribution in [3.8, 4) is 0 Å². The molecule has 0 aromatic heterocycles. The molecule has 0 aromatic rings. The summed E-state index contributed by atoms with van der Waals surface area (Å²) in [5.74, 6) is 0.573. The van der Waals surface area contributed by atoms with Crippen molar-refractivity contribution in [2.45, 2.75) is 27.2 Å². The van der Waals surface area contributed by atoms with Gasteiger partial charge in [0, 0.05) is 6.20 Å². The first kappa shape index (κ1) is 10.6. The number of hydrogen-bond acceptors (Lipinski definition) is 1. The van der Waals surface area contributed by atoms with Crippen LogP contribution in [-0.4, -0.2) is 0 Å². The van der Waals surface area contributed by atoms with Crippen LogP contribution in [0.1, 0.15) is 27.2 Å². The molecule has 0 aliphatic heterocycles. The highest BCUT2D eigenvalue weighted by Gasteiger charge is 1.97. The minimum absolute atomic E-state index is 0.573. The summed E-state index contributed by atoms with van der Waals surface area (Å²) < 4.78 is 0. The number of halogens is 1. The third-order valence-electron chi connectivity index (χ3n) is 1.70. The Morgan fingerprint density at radius 1 is 1.64 bits per heavy atom. The molecule has 1 atom stereocenters. The molecule has 0 aromatic carbocycles. The zero-order chi connectivity index (χ0) is 8.85. The van der Waals surface area contributed by atoms with Gasteiger partial charge in [-0.05, 0) is 18.4 Å². The summed E-state index contributed by atoms with van der Waals surface area (Å²) in [6, 6.07) is 0. The first-order valence-corrected chi connectivity index (χ1v) is 4.25. The van der Waals surface area contributed by atoms with Crippen LogP contribution < -0.4 is 5.73 Å². The van der Waals surface area contributed by atoms with Gasteiger partial charge in [0.2, 0.25) is 0 Å². The molecule has 0 spiro atoms. The van der Waals surface area contributed by atoms with Gasteiger partial charge in [0.05, 0.1) is 5.03 Å². The molecule has 0 rings (SSSR count). The molecular formula is C9H16ClN. The second kappa shape index (κ2) is 5.25. The van der Waals surface area contributed by atoms with E-state index in [0.29, 0.717) is 11.0 Å². The van der Waals surface area contributed by atoms with Crippen LogP contribution in [0.15, 0.2) is 22.9 Å². The van der Waals surface area contributed by atoms with Gasteiger partial charge in [-0.1, -0.05) is 37.9 Å². The van der Waals surface area contributed by atoms with E-state index in [2.05, 4.69) is 19.9 Å². The molecule has 1 nitrogen and oxygen atoms in total. The zero-order valence-electron chi connectivity index (χ0n) is 7.39. The van der Waals surface area contributed by atoms with Crippen LogP contribution >= 0.6 is 11.6 Å². The first-order valence-electron chi connectivity index (χ1n) is 3.88. The topological polar surface area (TPSA) is 26.0 Å². The molecule has 0 heterocycles. The molecule has 0 aliphatic rings. The fourth-order valence-corrected chi connectivity index (χ4v) is 0.819. The van der Waals surface area contributed by atoms with Crippen molar-refractivity contribution in [3.63, 3.8) is 0 Å². The van der Waals surface area contributed by atoms with E-state index in [-0.39, 0.29) is 0 Å². The Kier molecular flexibility index (Phi) is 5.05. The van der Waals surface area contributed by atoms with Crippen LogP contribution in [0.3, 0.4) is 0 Å². The number of nitrogens with two attached hydrogens (primary N) is 1. The monoisotopic (exact) mass is 173 g/mol. The van der Waals surface area contributed by atoms with Crippen molar-refractivity contribution in [1.82, 2.24) is 0 Å². The number of allylic oxidation sites excluding steroid dienone is 3. The molecule has 0 unspecified atom stereocenters. The highest BCUT2D eigenvalue weighted by molar-refractivity contribution is 6.31. The van der Waals surface area contributed by atoms with E-state index in [1.807, 2.05) is 6.92 Å². The lowest BCUT2D eigenvalue weighted by atomic mass is 10.1. The molecule has 0 saturated heterocycles. The minimum atomic E-state index is 0.573. The van der Waals surface area contributed by atoms with E-state index in [1.54, 1.807) is 0 Å². The Hall–Kier alpha value is -0.430. The fourth-order valence-electron chi connectivity index (χ4n) is 0.756. The predicted molar refractivity (Wildman–Crippen MR) is 51.3 cm³/mol. The van der Waals surface area contributed by atoms with Crippen molar-refractivity contribution >= 4 is 11.6 Å². The highest BCUT2D eigenvalue weighted by atomic mass is 35.5. The third-order valence-corrected chi connectivity index (χ3v) is 2.13. The quantitative estimate of drug-likeness (QED) is 0.653.